The molecule has 2 aliphatic carbocycles. The number of benzene rings is 1. The fourth-order valence-electron chi connectivity index (χ4n) is 5.34. The summed E-state index contributed by atoms with van der Waals surface area (Å²) in [5.74, 6) is 0.924. The Balaban J connectivity index is 2.12. The minimum absolute atomic E-state index is 0.0174. The molecule has 1 N–H and O–H groups in total. The highest BCUT2D eigenvalue weighted by molar-refractivity contribution is 5.77. The standard InChI is InChI=1S/C20H28O4/c1-19-8-5-9-20(2,18(22)24-4)17(19)7-6-13-10-14(12-21)16(23-3)11-15(13)19/h10-11,17,21H,5-9,12H2,1-4H3/t17-,19-,20?/m1/s1. The van der Waals surface area contributed by atoms with Gasteiger partial charge < -0.3 is 14.6 Å². The van der Waals surface area contributed by atoms with Crippen LogP contribution in [0.1, 0.15) is 56.2 Å². The smallest absolute Gasteiger partial charge is 0.311 e. The second-order valence-corrected chi connectivity index (χ2v) is 7.75. The maximum absolute atomic E-state index is 12.5. The van der Waals surface area contributed by atoms with Crippen molar-refractivity contribution in [1.82, 2.24) is 0 Å². The first kappa shape index (κ1) is 17.3. The average molecular weight is 332 g/mol. The van der Waals surface area contributed by atoms with Crippen LogP contribution in [0.4, 0.5) is 0 Å². The summed E-state index contributed by atoms with van der Waals surface area (Å²) in [5, 5.41) is 9.59. The van der Waals surface area contributed by atoms with Gasteiger partial charge in [0, 0.05) is 5.56 Å². The Bertz CT molecular complexity index is 653. The van der Waals surface area contributed by atoms with Crippen molar-refractivity contribution in [3.63, 3.8) is 0 Å². The van der Waals surface area contributed by atoms with Gasteiger partial charge in [0.05, 0.1) is 26.2 Å². The van der Waals surface area contributed by atoms with Crippen molar-refractivity contribution in [3.8, 4) is 5.75 Å². The van der Waals surface area contributed by atoms with Gasteiger partial charge in [-0.05, 0) is 67.2 Å². The van der Waals surface area contributed by atoms with Gasteiger partial charge in [-0.3, -0.25) is 4.79 Å². The molecule has 1 aromatic carbocycles. The van der Waals surface area contributed by atoms with E-state index in [2.05, 4.69) is 26.0 Å². The summed E-state index contributed by atoms with van der Waals surface area (Å²) in [5.41, 5.74) is 2.92. The normalized spacial score (nSPS) is 31.8. The number of rotatable bonds is 3. The first-order valence-corrected chi connectivity index (χ1v) is 8.80. The number of hydrogen-bond acceptors (Lipinski definition) is 4. The zero-order chi connectivity index (χ0) is 17.5. The number of esters is 1. The molecular formula is C20H28O4. The fourth-order valence-corrected chi connectivity index (χ4v) is 5.34. The van der Waals surface area contributed by atoms with Gasteiger partial charge in [-0.25, -0.2) is 0 Å². The topological polar surface area (TPSA) is 55.8 Å². The fraction of sp³-hybridized carbons (Fsp3) is 0.650. The van der Waals surface area contributed by atoms with Gasteiger partial charge in [-0.1, -0.05) is 13.3 Å². The monoisotopic (exact) mass is 332 g/mol. The first-order valence-electron chi connectivity index (χ1n) is 8.80. The second kappa shape index (κ2) is 6.07. The summed E-state index contributed by atoms with van der Waals surface area (Å²) in [4.78, 5) is 12.5. The van der Waals surface area contributed by atoms with Gasteiger partial charge in [0.2, 0.25) is 0 Å². The van der Waals surface area contributed by atoms with Crippen LogP contribution in [-0.4, -0.2) is 25.3 Å². The molecule has 0 heterocycles. The molecule has 0 aliphatic heterocycles. The summed E-state index contributed by atoms with van der Waals surface area (Å²) in [7, 11) is 3.13. The van der Waals surface area contributed by atoms with Crippen LogP contribution < -0.4 is 4.74 Å². The largest absolute Gasteiger partial charge is 0.496 e. The number of hydrogen-bond donors (Lipinski definition) is 1. The minimum Gasteiger partial charge on any atom is -0.496 e. The molecule has 1 fully saturated rings. The number of carbonyl (C=O) groups is 1. The van der Waals surface area contributed by atoms with E-state index in [1.54, 1.807) is 7.11 Å². The maximum atomic E-state index is 12.5. The quantitative estimate of drug-likeness (QED) is 0.862. The van der Waals surface area contributed by atoms with E-state index in [1.165, 1.54) is 18.2 Å². The van der Waals surface area contributed by atoms with Gasteiger partial charge in [0.1, 0.15) is 5.75 Å². The zero-order valence-electron chi connectivity index (χ0n) is 15.1. The molecule has 0 spiro atoms. The molecular weight excluding hydrogens is 304 g/mol. The number of carbonyl (C=O) groups excluding carboxylic acids is 1. The molecule has 4 heteroatoms. The number of aryl methyl sites for hydroxylation is 1. The van der Waals surface area contributed by atoms with Crippen molar-refractivity contribution in [2.24, 2.45) is 11.3 Å². The summed E-state index contributed by atoms with van der Waals surface area (Å²) in [6, 6.07) is 4.18. The Labute approximate surface area is 144 Å². The molecule has 0 amide bonds. The summed E-state index contributed by atoms with van der Waals surface area (Å²) in [6.07, 6.45) is 4.88. The number of ether oxygens (including phenoxy) is 2. The van der Waals surface area contributed by atoms with E-state index in [0.29, 0.717) is 0 Å². The molecule has 3 rings (SSSR count). The van der Waals surface area contributed by atoms with E-state index in [1.807, 2.05) is 0 Å². The van der Waals surface area contributed by atoms with E-state index in [9.17, 15) is 9.90 Å². The molecule has 4 nitrogen and oxygen atoms in total. The second-order valence-electron chi connectivity index (χ2n) is 7.75. The number of fused-ring (bicyclic) bond motifs is 3. The summed E-state index contributed by atoms with van der Waals surface area (Å²) >= 11 is 0. The Morgan fingerprint density at radius 1 is 1.29 bits per heavy atom. The van der Waals surface area contributed by atoms with Crippen LogP contribution >= 0.6 is 0 Å². The SMILES string of the molecule is COC(=O)C1(C)CCC[C@]2(C)c3cc(OC)c(CO)cc3CC[C@@H]12. The maximum Gasteiger partial charge on any atom is 0.311 e. The van der Waals surface area contributed by atoms with Crippen LogP contribution in [0.3, 0.4) is 0 Å². The molecule has 0 saturated heterocycles. The molecule has 0 radical (unpaired) electrons. The summed E-state index contributed by atoms with van der Waals surface area (Å²) in [6.45, 7) is 4.34. The minimum atomic E-state index is -0.428. The Morgan fingerprint density at radius 2 is 2.04 bits per heavy atom. The van der Waals surface area contributed by atoms with Gasteiger partial charge >= 0.3 is 5.97 Å². The predicted octanol–water partition coefficient (Wildman–Crippen LogP) is 3.37. The van der Waals surface area contributed by atoms with Gasteiger partial charge in [-0.2, -0.15) is 0 Å². The third-order valence-corrected chi connectivity index (χ3v) is 6.58. The van der Waals surface area contributed by atoms with E-state index >= 15 is 0 Å². The van der Waals surface area contributed by atoms with Crippen molar-refractivity contribution in [2.45, 2.75) is 58.0 Å². The van der Waals surface area contributed by atoms with Crippen molar-refractivity contribution < 1.29 is 19.4 Å². The molecule has 2 aliphatic rings. The molecule has 0 bridgehead atoms. The lowest BCUT2D eigenvalue weighted by Gasteiger charge is -2.54. The third kappa shape index (κ3) is 2.34. The van der Waals surface area contributed by atoms with Crippen LogP contribution in [0.5, 0.6) is 5.75 Å². The molecule has 3 atom stereocenters. The van der Waals surface area contributed by atoms with Gasteiger partial charge in [0.25, 0.3) is 0 Å². The molecule has 132 valence electrons. The van der Waals surface area contributed by atoms with E-state index in [0.717, 1.165) is 43.4 Å². The number of aliphatic hydroxyl groups excluding tert-OH is 1. The van der Waals surface area contributed by atoms with Crippen LogP contribution in [0, 0.1) is 11.3 Å². The van der Waals surface area contributed by atoms with Gasteiger partial charge in [0.15, 0.2) is 0 Å². The van der Waals surface area contributed by atoms with Crippen LogP contribution in [0.2, 0.25) is 0 Å². The average Bonchev–Trinajstić information content (AvgIpc) is 2.59. The predicted molar refractivity (Wildman–Crippen MR) is 92.1 cm³/mol. The number of methoxy groups -OCH3 is 2. The zero-order valence-corrected chi connectivity index (χ0v) is 15.1. The highest BCUT2D eigenvalue weighted by atomic mass is 16.5. The van der Waals surface area contributed by atoms with E-state index in [4.69, 9.17) is 9.47 Å². The van der Waals surface area contributed by atoms with Crippen molar-refractivity contribution in [1.29, 1.82) is 0 Å². The summed E-state index contributed by atoms with van der Waals surface area (Å²) < 4.78 is 10.7. The molecule has 1 unspecified atom stereocenters. The third-order valence-electron chi connectivity index (χ3n) is 6.58. The van der Waals surface area contributed by atoms with Crippen molar-refractivity contribution in [3.05, 3.63) is 28.8 Å². The first-order chi connectivity index (χ1) is 11.4. The van der Waals surface area contributed by atoms with Crippen LogP contribution in [0.15, 0.2) is 12.1 Å². The molecule has 1 saturated carbocycles. The molecule has 24 heavy (non-hydrogen) atoms. The van der Waals surface area contributed by atoms with E-state index in [-0.39, 0.29) is 23.9 Å². The Morgan fingerprint density at radius 3 is 2.67 bits per heavy atom. The highest BCUT2D eigenvalue weighted by Crippen LogP contribution is 2.58. The highest BCUT2D eigenvalue weighted by Gasteiger charge is 2.55. The lowest BCUT2D eigenvalue weighted by atomic mass is 9.49. The van der Waals surface area contributed by atoms with Crippen LogP contribution in [0.25, 0.3) is 0 Å². The van der Waals surface area contributed by atoms with Crippen LogP contribution in [-0.2, 0) is 28.0 Å². The van der Waals surface area contributed by atoms with E-state index < -0.39 is 5.41 Å². The Kier molecular flexibility index (Phi) is 4.37. The molecule has 1 aromatic rings. The lowest BCUT2D eigenvalue weighted by Crippen LogP contribution is -2.52. The lowest BCUT2D eigenvalue weighted by molar-refractivity contribution is -0.161. The van der Waals surface area contributed by atoms with Gasteiger partial charge in [-0.15, -0.1) is 0 Å². The molecule has 0 aromatic heterocycles. The Hall–Kier alpha value is -1.55. The number of aliphatic hydroxyl groups is 1. The van der Waals surface area contributed by atoms with Crippen molar-refractivity contribution >= 4 is 5.97 Å². The van der Waals surface area contributed by atoms with Crippen molar-refractivity contribution in [2.75, 3.05) is 14.2 Å².